The van der Waals surface area contributed by atoms with E-state index in [-0.39, 0.29) is 24.9 Å². The summed E-state index contributed by atoms with van der Waals surface area (Å²) in [5, 5.41) is 7.12. The Morgan fingerprint density at radius 1 is 0.800 bits per heavy atom. The van der Waals surface area contributed by atoms with Crippen LogP contribution in [-0.4, -0.2) is 47.1 Å². The number of aliphatic carboxylic acids is 1. The van der Waals surface area contributed by atoms with Gasteiger partial charge >= 0.3 is 12.1 Å². The number of fused-ring (bicyclic) bond motifs is 1. The molecule has 0 saturated carbocycles. The predicted molar refractivity (Wildman–Crippen MR) is 125 cm³/mol. The normalized spacial score (nSPS) is 12.8. The van der Waals surface area contributed by atoms with E-state index in [0.717, 1.165) is 33.4 Å². The molecule has 0 bridgehead atoms. The molecular weight excluding hydrogens is 461 g/mol. The molecule has 2 amide bonds. The minimum absolute atomic E-state index is 0.229. The number of carboxylic acid groups (broad SMARTS) is 1. The molecular formula is C26H23F3N2O4. The molecule has 0 fully saturated rings. The van der Waals surface area contributed by atoms with Crippen molar-refractivity contribution in [3.8, 4) is 22.3 Å². The van der Waals surface area contributed by atoms with Gasteiger partial charge in [0.05, 0.1) is 11.1 Å². The number of carbonyl (C=O) groups is 3. The van der Waals surface area contributed by atoms with E-state index in [4.69, 9.17) is 15.6 Å². The van der Waals surface area contributed by atoms with Crippen molar-refractivity contribution in [1.82, 2.24) is 4.90 Å². The molecule has 3 aromatic rings. The summed E-state index contributed by atoms with van der Waals surface area (Å²) < 4.78 is 31.7. The fourth-order valence-corrected chi connectivity index (χ4v) is 4.16. The Hall–Kier alpha value is -3.98. The fraction of sp³-hybridized carbons (Fsp3) is 0.192. The van der Waals surface area contributed by atoms with E-state index >= 15 is 0 Å². The summed E-state index contributed by atoms with van der Waals surface area (Å²) in [6, 6.07) is 20.1. The van der Waals surface area contributed by atoms with Gasteiger partial charge in [0, 0.05) is 13.1 Å². The average Bonchev–Trinajstić information content (AvgIpc) is 3.08. The van der Waals surface area contributed by atoms with Crippen LogP contribution >= 0.6 is 0 Å². The predicted octanol–water partition coefficient (Wildman–Crippen LogP) is 4.83. The van der Waals surface area contributed by atoms with Gasteiger partial charge < -0.3 is 10.8 Å². The number of nitrogens with two attached hydrogens (primary N) is 1. The molecule has 3 aromatic carbocycles. The Morgan fingerprint density at radius 3 is 1.43 bits per heavy atom. The number of rotatable bonds is 4. The van der Waals surface area contributed by atoms with Gasteiger partial charge in [-0.1, -0.05) is 60.7 Å². The summed E-state index contributed by atoms with van der Waals surface area (Å²) in [5.74, 6) is -3.25. The molecule has 182 valence electrons. The zero-order chi connectivity index (χ0) is 25.9. The third kappa shape index (κ3) is 4.95. The van der Waals surface area contributed by atoms with Gasteiger partial charge in [-0.05, 0) is 47.2 Å². The van der Waals surface area contributed by atoms with Crippen LogP contribution in [0.5, 0.6) is 0 Å². The number of amides is 2. The first-order chi connectivity index (χ1) is 16.5. The summed E-state index contributed by atoms with van der Waals surface area (Å²) in [7, 11) is 0. The van der Waals surface area contributed by atoms with Crippen LogP contribution in [0.15, 0.2) is 60.7 Å². The van der Waals surface area contributed by atoms with E-state index < -0.39 is 12.1 Å². The van der Waals surface area contributed by atoms with E-state index in [9.17, 15) is 22.8 Å². The SMILES string of the molecule is Cc1c2c(c(C)c(-c3ccccc3)c1-c1ccccc1)C(=O)N(CCN)C2=O.O=C(O)C(F)(F)F. The third-order valence-corrected chi connectivity index (χ3v) is 5.64. The second kappa shape index (κ2) is 10.1. The molecule has 35 heavy (non-hydrogen) atoms. The monoisotopic (exact) mass is 484 g/mol. The maximum Gasteiger partial charge on any atom is 0.490 e. The fourth-order valence-electron chi connectivity index (χ4n) is 4.16. The highest BCUT2D eigenvalue weighted by Gasteiger charge is 2.40. The maximum atomic E-state index is 13.1. The molecule has 3 N–H and O–H groups in total. The van der Waals surface area contributed by atoms with Crippen molar-refractivity contribution < 1.29 is 32.7 Å². The number of carbonyl (C=O) groups excluding carboxylic acids is 2. The Kier molecular flexibility index (Phi) is 7.40. The van der Waals surface area contributed by atoms with Crippen LogP contribution < -0.4 is 5.73 Å². The van der Waals surface area contributed by atoms with Crippen LogP contribution in [0.4, 0.5) is 13.2 Å². The molecule has 9 heteroatoms. The number of carboxylic acids is 1. The van der Waals surface area contributed by atoms with Gasteiger partial charge in [0.15, 0.2) is 0 Å². The number of alkyl halides is 3. The van der Waals surface area contributed by atoms with Crippen LogP contribution in [0.2, 0.25) is 0 Å². The Bertz CT molecular complexity index is 1190. The first kappa shape index (κ1) is 25.6. The van der Waals surface area contributed by atoms with Gasteiger partial charge in [-0.2, -0.15) is 13.2 Å². The molecule has 1 aliphatic heterocycles. The van der Waals surface area contributed by atoms with Crippen molar-refractivity contribution in [2.45, 2.75) is 20.0 Å². The molecule has 6 nitrogen and oxygen atoms in total. The molecule has 0 saturated heterocycles. The minimum atomic E-state index is -5.08. The summed E-state index contributed by atoms with van der Waals surface area (Å²) in [6.45, 7) is 4.35. The lowest BCUT2D eigenvalue weighted by Crippen LogP contribution is -2.34. The van der Waals surface area contributed by atoms with Crippen molar-refractivity contribution in [3.63, 3.8) is 0 Å². The lowest BCUT2D eigenvalue weighted by Gasteiger charge is -2.19. The number of halogens is 3. The van der Waals surface area contributed by atoms with Crippen molar-refractivity contribution in [2.24, 2.45) is 5.73 Å². The van der Waals surface area contributed by atoms with E-state index in [0.29, 0.717) is 11.1 Å². The van der Waals surface area contributed by atoms with Gasteiger partial charge in [-0.15, -0.1) is 0 Å². The molecule has 4 rings (SSSR count). The van der Waals surface area contributed by atoms with E-state index in [1.54, 1.807) is 0 Å². The number of hydrogen-bond acceptors (Lipinski definition) is 4. The standard InChI is InChI=1S/C24H22N2O2.C2HF3O2/c1-15-19(17-9-5-3-6-10-17)20(18-11-7-4-8-12-18)16(2)22-21(15)23(27)26(14-13-25)24(22)28;3-2(4,5)1(6)7/h3-12H,13-14,25H2,1-2H3;(H,6,7). The van der Waals surface area contributed by atoms with Crippen LogP contribution in [0, 0.1) is 13.8 Å². The number of imide groups is 1. The zero-order valence-corrected chi connectivity index (χ0v) is 19.0. The lowest BCUT2D eigenvalue weighted by molar-refractivity contribution is -0.192. The summed E-state index contributed by atoms with van der Waals surface area (Å²) in [6.07, 6.45) is -5.08. The van der Waals surface area contributed by atoms with Crippen LogP contribution in [0.1, 0.15) is 31.8 Å². The minimum Gasteiger partial charge on any atom is -0.475 e. The largest absolute Gasteiger partial charge is 0.490 e. The average molecular weight is 484 g/mol. The molecule has 1 aliphatic rings. The van der Waals surface area contributed by atoms with E-state index in [1.807, 2.05) is 74.5 Å². The first-order valence-corrected chi connectivity index (χ1v) is 10.6. The Balaban J connectivity index is 0.000000429. The van der Waals surface area contributed by atoms with Gasteiger partial charge in [0.25, 0.3) is 11.8 Å². The van der Waals surface area contributed by atoms with Gasteiger partial charge in [-0.3, -0.25) is 14.5 Å². The quantitative estimate of drug-likeness (QED) is 0.517. The first-order valence-electron chi connectivity index (χ1n) is 10.6. The number of benzene rings is 3. The van der Waals surface area contributed by atoms with Crippen molar-refractivity contribution in [3.05, 3.63) is 82.9 Å². The van der Waals surface area contributed by atoms with Crippen LogP contribution in [0.3, 0.4) is 0 Å². The molecule has 0 aliphatic carbocycles. The van der Waals surface area contributed by atoms with Crippen molar-refractivity contribution >= 4 is 17.8 Å². The third-order valence-electron chi connectivity index (χ3n) is 5.64. The number of nitrogens with zero attached hydrogens (tertiary/aromatic N) is 1. The van der Waals surface area contributed by atoms with E-state index in [1.165, 1.54) is 4.90 Å². The molecule has 0 unspecified atom stereocenters. The van der Waals surface area contributed by atoms with Crippen LogP contribution in [-0.2, 0) is 4.79 Å². The molecule has 0 atom stereocenters. The zero-order valence-electron chi connectivity index (χ0n) is 19.0. The highest BCUT2D eigenvalue weighted by atomic mass is 19.4. The Morgan fingerprint density at radius 2 is 1.14 bits per heavy atom. The van der Waals surface area contributed by atoms with Crippen LogP contribution in [0.25, 0.3) is 22.3 Å². The molecule has 0 aromatic heterocycles. The van der Waals surface area contributed by atoms with Gasteiger partial charge in [-0.25, -0.2) is 4.79 Å². The molecule has 1 heterocycles. The topological polar surface area (TPSA) is 101 Å². The maximum absolute atomic E-state index is 13.1. The highest BCUT2D eigenvalue weighted by Crippen LogP contribution is 2.43. The molecule has 0 radical (unpaired) electrons. The van der Waals surface area contributed by atoms with Crippen molar-refractivity contribution in [2.75, 3.05) is 13.1 Å². The second-order valence-electron chi connectivity index (χ2n) is 7.84. The summed E-state index contributed by atoms with van der Waals surface area (Å²) in [5.41, 5.74) is 12.4. The van der Waals surface area contributed by atoms with Gasteiger partial charge in [0.2, 0.25) is 0 Å². The smallest absolute Gasteiger partial charge is 0.475 e. The number of hydrogen-bond donors (Lipinski definition) is 2. The molecule has 0 spiro atoms. The Labute approximate surface area is 199 Å². The van der Waals surface area contributed by atoms with Gasteiger partial charge in [0.1, 0.15) is 0 Å². The lowest BCUT2D eigenvalue weighted by atomic mass is 9.82. The highest BCUT2D eigenvalue weighted by molar-refractivity contribution is 6.24. The van der Waals surface area contributed by atoms with E-state index in [2.05, 4.69) is 0 Å². The summed E-state index contributed by atoms with van der Waals surface area (Å²) in [4.78, 5) is 36.3. The summed E-state index contributed by atoms with van der Waals surface area (Å²) >= 11 is 0. The van der Waals surface area contributed by atoms with Crippen molar-refractivity contribution in [1.29, 1.82) is 0 Å². The second-order valence-corrected chi connectivity index (χ2v) is 7.84.